The highest BCUT2D eigenvalue weighted by Gasteiger charge is 2.10. The van der Waals surface area contributed by atoms with E-state index in [-0.39, 0.29) is 0 Å². The minimum atomic E-state index is -0.900. The number of aryl methyl sites for hydroxylation is 1. The lowest BCUT2D eigenvalue weighted by Crippen LogP contribution is -1.89. The summed E-state index contributed by atoms with van der Waals surface area (Å²) in [6.45, 7) is 1.91. The van der Waals surface area contributed by atoms with Gasteiger partial charge in [0, 0.05) is 0 Å². The van der Waals surface area contributed by atoms with Crippen molar-refractivity contribution in [2.75, 3.05) is 5.73 Å². The Morgan fingerprint density at radius 3 is 2.86 bits per heavy atom. The second kappa shape index (κ2) is 2.99. The standard InChI is InChI=1S/C10H9NO2S/c1-5-2-3-6-4-7(10(12)13)14-9(6)8(5)11/h2-4H,11H2,1H3,(H,12,13). The van der Waals surface area contributed by atoms with Crippen LogP contribution in [0.5, 0.6) is 0 Å². The zero-order valence-electron chi connectivity index (χ0n) is 7.57. The third kappa shape index (κ3) is 1.24. The van der Waals surface area contributed by atoms with Gasteiger partial charge < -0.3 is 10.8 Å². The Morgan fingerprint density at radius 2 is 2.21 bits per heavy atom. The van der Waals surface area contributed by atoms with Gasteiger partial charge in [-0.3, -0.25) is 0 Å². The molecule has 4 heteroatoms. The number of carbonyl (C=O) groups is 1. The van der Waals surface area contributed by atoms with Crippen molar-refractivity contribution in [1.82, 2.24) is 0 Å². The van der Waals surface area contributed by atoms with Crippen molar-refractivity contribution in [2.24, 2.45) is 0 Å². The topological polar surface area (TPSA) is 63.3 Å². The average Bonchev–Trinajstić information content (AvgIpc) is 2.56. The summed E-state index contributed by atoms with van der Waals surface area (Å²) < 4.78 is 0.863. The maximum Gasteiger partial charge on any atom is 0.345 e. The Morgan fingerprint density at radius 1 is 1.50 bits per heavy atom. The number of aromatic carboxylic acids is 1. The van der Waals surface area contributed by atoms with Crippen LogP contribution in [-0.4, -0.2) is 11.1 Å². The van der Waals surface area contributed by atoms with E-state index in [9.17, 15) is 4.79 Å². The summed E-state index contributed by atoms with van der Waals surface area (Å²) in [6, 6.07) is 5.44. The Hall–Kier alpha value is -1.55. The molecule has 0 unspecified atom stereocenters. The zero-order chi connectivity index (χ0) is 10.3. The minimum Gasteiger partial charge on any atom is -0.477 e. The molecular weight excluding hydrogens is 198 g/mol. The van der Waals surface area contributed by atoms with Crippen molar-refractivity contribution in [3.63, 3.8) is 0 Å². The van der Waals surface area contributed by atoms with Crippen molar-refractivity contribution in [3.05, 3.63) is 28.6 Å². The van der Waals surface area contributed by atoms with E-state index in [0.717, 1.165) is 15.6 Å². The number of nitrogens with two attached hydrogens (primary N) is 1. The lowest BCUT2D eigenvalue weighted by molar-refractivity contribution is 0.0702. The molecule has 0 atom stereocenters. The van der Waals surface area contributed by atoms with Gasteiger partial charge in [0.05, 0.1) is 10.4 Å². The summed E-state index contributed by atoms with van der Waals surface area (Å²) in [5.41, 5.74) is 7.51. The van der Waals surface area contributed by atoms with Gasteiger partial charge in [0.25, 0.3) is 0 Å². The summed E-state index contributed by atoms with van der Waals surface area (Å²) in [5.74, 6) is -0.900. The van der Waals surface area contributed by atoms with E-state index in [2.05, 4.69) is 0 Å². The van der Waals surface area contributed by atoms with Gasteiger partial charge in [-0.2, -0.15) is 0 Å². The van der Waals surface area contributed by atoms with Crippen LogP contribution in [0.3, 0.4) is 0 Å². The third-order valence-electron chi connectivity index (χ3n) is 2.15. The van der Waals surface area contributed by atoms with Gasteiger partial charge in [-0.15, -0.1) is 11.3 Å². The molecule has 0 bridgehead atoms. The van der Waals surface area contributed by atoms with E-state index in [4.69, 9.17) is 10.8 Å². The number of benzene rings is 1. The van der Waals surface area contributed by atoms with Crippen LogP contribution in [0.1, 0.15) is 15.2 Å². The van der Waals surface area contributed by atoms with E-state index in [1.54, 1.807) is 6.07 Å². The predicted octanol–water partition coefficient (Wildman–Crippen LogP) is 2.49. The van der Waals surface area contributed by atoms with Crippen LogP contribution in [0.2, 0.25) is 0 Å². The maximum absolute atomic E-state index is 10.7. The first-order valence-corrected chi connectivity index (χ1v) is 4.93. The van der Waals surface area contributed by atoms with Crippen LogP contribution in [0.4, 0.5) is 5.69 Å². The molecule has 2 rings (SSSR count). The second-order valence-corrected chi connectivity index (χ2v) is 4.18. The fourth-order valence-corrected chi connectivity index (χ4v) is 2.34. The average molecular weight is 207 g/mol. The largest absolute Gasteiger partial charge is 0.477 e. The minimum absolute atomic E-state index is 0.331. The number of fused-ring (bicyclic) bond motifs is 1. The molecule has 0 aliphatic rings. The van der Waals surface area contributed by atoms with Crippen LogP contribution in [0, 0.1) is 6.92 Å². The zero-order valence-corrected chi connectivity index (χ0v) is 8.39. The monoisotopic (exact) mass is 207 g/mol. The molecule has 1 aromatic carbocycles. The first-order chi connectivity index (χ1) is 6.59. The van der Waals surface area contributed by atoms with E-state index in [1.165, 1.54) is 11.3 Å². The Balaban J connectivity index is 2.77. The number of nitrogen functional groups attached to an aromatic ring is 1. The summed E-state index contributed by atoms with van der Waals surface area (Å²) in [4.78, 5) is 11.1. The highest BCUT2D eigenvalue weighted by atomic mass is 32.1. The van der Waals surface area contributed by atoms with E-state index in [1.807, 2.05) is 19.1 Å². The molecule has 14 heavy (non-hydrogen) atoms. The van der Waals surface area contributed by atoms with E-state index < -0.39 is 5.97 Å². The Kier molecular flexibility index (Phi) is 1.93. The highest BCUT2D eigenvalue weighted by Crippen LogP contribution is 2.32. The predicted molar refractivity (Wildman–Crippen MR) is 57.9 cm³/mol. The summed E-state index contributed by atoms with van der Waals surface area (Å²) in [7, 11) is 0. The van der Waals surface area contributed by atoms with Gasteiger partial charge in [0.1, 0.15) is 4.88 Å². The van der Waals surface area contributed by atoms with Gasteiger partial charge in [-0.05, 0) is 23.9 Å². The molecular formula is C10H9NO2S. The SMILES string of the molecule is Cc1ccc2cc(C(=O)O)sc2c1N. The van der Waals surface area contributed by atoms with Crippen LogP contribution in [0.15, 0.2) is 18.2 Å². The van der Waals surface area contributed by atoms with Crippen LogP contribution in [-0.2, 0) is 0 Å². The third-order valence-corrected chi connectivity index (χ3v) is 3.33. The molecule has 1 heterocycles. The lowest BCUT2D eigenvalue weighted by Gasteiger charge is -1.99. The van der Waals surface area contributed by atoms with Crippen molar-refractivity contribution >= 4 is 33.1 Å². The van der Waals surface area contributed by atoms with Crippen LogP contribution < -0.4 is 5.73 Å². The molecule has 0 aliphatic heterocycles. The first kappa shape index (κ1) is 9.02. The maximum atomic E-state index is 10.7. The molecule has 0 fully saturated rings. The van der Waals surface area contributed by atoms with Crippen molar-refractivity contribution in [3.8, 4) is 0 Å². The number of rotatable bonds is 1. The highest BCUT2D eigenvalue weighted by molar-refractivity contribution is 7.21. The molecule has 0 radical (unpaired) electrons. The Bertz CT molecular complexity index is 516. The fraction of sp³-hybridized carbons (Fsp3) is 0.100. The molecule has 0 saturated heterocycles. The number of carboxylic acids is 1. The molecule has 3 N–H and O–H groups in total. The summed E-state index contributed by atoms with van der Waals surface area (Å²) in [5, 5.41) is 9.71. The van der Waals surface area contributed by atoms with Crippen molar-refractivity contribution < 1.29 is 9.90 Å². The van der Waals surface area contributed by atoms with Crippen LogP contribution in [0.25, 0.3) is 10.1 Å². The summed E-state index contributed by atoms with van der Waals surface area (Å²) >= 11 is 1.22. The molecule has 0 spiro atoms. The number of anilines is 1. The molecule has 0 amide bonds. The molecule has 2 aromatic rings. The van der Waals surface area contributed by atoms with Gasteiger partial charge in [0.15, 0.2) is 0 Å². The first-order valence-electron chi connectivity index (χ1n) is 4.11. The number of hydrogen-bond acceptors (Lipinski definition) is 3. The molecule has 0 saturated carbocycles. The van der Waals surface area contributed by atoms with Crippen molar-refractivity contribution in [1.29, 1.82) is 0 Å². The van der Waals surface area contributed by atoms with E-state index >= 15 is 0 Å². The van der Waals surface area contributed by atoms with Gasteiger partial charge in [-0.1, -0.05) is 12.1 Å². The second-order valence-electron chi connectivity index (χ2n) is 3.13. The van der Waals surface area contributed by atoms with Crippen molar-refractivity contribution in [2.45, 2.75) is 6.92 Å². The normalized spacial score (nSPS) is 10.6. The number of carboxylic acid groups (broad SMARTS) is 1. The lowest BCUT2D eigenvalue weighted by atomic mass is 10.1. The molecule has 1 aromatic heterocycles. The smallest absolute Gasteiger partial charge is 0.345 e. The molecule has 72 valence electrons. The van der Waals surface area contributed by atoms with Gasteiger partial charge in [0.2, 0.25) is 0 Å². The quantitative estimate of drug-likeness (QED) is 0.706. The Labute approximate surface area is 84.8 Å². The summed E-state index contributed by atoms with van der Waals surface area (Å²) in [6.07, 6.45) is 0. The number of thiophene rings is 1. The molecule has 3 nitrogen and oxygen atoms in total. The van der Waals surface area contributed by atoms with Gasteiger partial charge in [-0.25, -0.2) is 4.79 Å². The number of hydrogen-bond donors (Lipinski definition) is 2. The van der Waals surface area contributed by atoms with E-state index in [0.29, 0.717) is 10.6 Å². The van der Waals surface area contributed by atoms with Gasteiger partial charge >= 0.3 is 5.97 Å². The fourth-order valence-electron chi connectivity index (χ4n) is 1.33. The van der Waals surface area contributed by atoms with Crippen LogP contribution >= 0.6 is 11.3 Å². The molecule has 0 aliphatic carbocycles.